The minimum atomic E-state index is -0.342. The highest BCUT2D eigenvalue weighted by molar-refractivity contribution is 5.95. The number of nitrogens with one attached hydrogen (secondary N) is 3. The van der Waals surface area contributed by atoms with Crippen LogP contribution in [-0.4, -0.2) is 0 Å². The molecular formula is C53H47N5. The summed E-state index contributed by atoms with van der Waals surface area (Å²) < 4.78 is 0. The van der Waals surface area contributed by atoms with Crippen molar-refractivity contribution in [1.82, 2.24) is 10.6 Å². The maximum atomic E-state index is 6.71. The van der Waals surface area contributed by atoms with E-state index in [1.54, 1.807) is 0 Å². The fourth-order valence-electron chi connectivity index (χ4n) is 7.30. The molecule has 2 atom stereocenters. The van der Waals surface area contributed by atoms with Gasteiger partial charge in [-0.15, -0.1) is 0 Å². The van der Waals surface area contributed by atoms with Crippen LogP contribution >= 0.6 is 0 Å². The molecule has 0 saturated heterocycles. The van der Waals surface area contributed by atoms with E-state index in [4.69, 9.17) is 11.5 Å². The minimum absolute atomic E-state index is 0.171. The smallest absolute Gasteiger partial charge is 0.0852 e. The summed E-state index contributed by atoms with van der Waals surface area (Å²) in [4.78, 5) is 0. The molecule has 0 heterocycles. The van der Waals surface area contributed by atoms with Crippen LogP contribution in [0.5, 0.6) is 0 Å². The molecular weight excluding hydrogens is 707 g/mol. The van der Waals surface area contributed by atoms with E-state index in [0.717, 1.165) is 72.7 Å². The summed E-state index contributed by atoms with van der Waals surface area (Å²) in [5, 5.41) is 11.2. The molecule has 0 aliphatic heterocycles. The van der Waals surface area contributed by atoms with Gasteiger partial charge >= 0.3 is 0 Å². The molecule has 0 aromatic heterocycles. The van der Waals surface area contributed by atoms with Crippen molar-refractivity contribution in [2.24, 2.45) is 5.73 Å². The molecule has 0 radical (unpaired) electrons. The summed E-state index contributed by atoms with van der Waals surface area (Å²) >= 11 is 0. The Morgan fingerprint density at radius 2 is 1.10 bits per heavy atom. The highest BCUT2D eigenvalue weighted by atomic mass is 15.2. The van der Waals surface area contributed by atoms with E-state index in [1.807, 2.05) is 66.7 Å². The molecule has 5 nitrogen and oxygen atoms in total. The molecule has 0 spiro atoms. The van der Waals surface area contributed by atoms with Gasteiger partial charge in [0.1, 0.15) is 0 Å². The Hall–Kier alpha value is -7.02. The molecule has 8 aromatic rings. The summed E-state index contributed by atoms with van der Waals surface area (Å²) in [5.41, 5.74) is 28.1. The molecule has 0 aliphatic carbocycles. The van der Waals surface area contributed by atoms with Gasteiger partial charge in [0.25, 0.3) is 0 Å². The van der Waals surface area contributed by atoms with E-state index in [-0.39, 0.29) is 12.3 Å². The number of anilines is 3. The van der Waals surface area contributed by atoms with Crippen molar-refractivity contribution in [3.8, 4) is 33.4 Å². The van der Waals surface area contributed by atoms with Gasteiger partial charge in [-0.3, -0.25) is 10.6 Å². The fourth-order valence-corrected chi connectivity index (χ4v) is 7.30. The van der Waals surface area contributed by atoms with Gasteiger partial charge in [0.15, 0.2) is 0 Å². The van der Waals surface area contributed by atoms with Crippen molar-refractivity contribution in [3.63, 3.8) is 0 Å². The van der Waals surface area contributed by atoms with Crippen LogP contribution in [0.15, 0.2) is 206 Å². The molecule has 7 N–H and O–H groups in total. The van der Waals surface area contributed by atoms with E-state index in [1.165, 1.54) is 5.56 Å². The maximum Gasteiger partial charge on any atom is 0.0852 e. The molecule has 8 rings (SSSR count). The van der Waals surface area contributed by atoms with E-state index in [2.05, 4.69) is 168 Å². The van der Waals surface area contributed by atoms with E-state index in [0.29, 0.717) is 6.54 Å². The molecule has 0 saturated carbocycles. The Morgan fingerprint density at radius 1 is 0.483 bits per heavy atom. The van der Waals surface area contributed by atoms with Crippen molar-refractivity contribution in [1.29, 1.82) is 0 Å². The Balaban J connectivity index is 1.16. The third-order valence-corrected chi connectivity index (χ3v) is 10.3. The van der Waals surface area contributed by atoms with Gasteiger partial charge in [0.2, 0.25) is 0 Å². The summed E-state index contributed by atoms with van der Waals surface area (Å²) in [6.45, 7) is 0.619. The predicted octanol–water partition coefficient (Wildman–Crippen LogP) is 12.2. The molecule has 284 valence electrons. The van der Waals surface area contributed by atoms with Crippen molar-refractivity contribution < 1.29 is 0 Å². The van der Waals surface area contributed by atoms with Crippen molar-refractivity contribution in [2.75, 3.05) is 11.1 Å². The minimum Gasteiger partial charge on any atom is -0.398 e. The second-order valence-electron chi connectivity index (χ2n) is 14.4. The lowest BCUT2D eigenvalue weighted by atomic mass is 9.89. The molecule has 0 amide bonds. The molecule has 0 fully saturated rings. The standard InChI is InChI=1S/C53H47N5/c54-50-30-14-13-29-47(50)49-35-45(32-31-38-17-5-1-6-18-38)51(36-48(49)44-27-16-26-43(34-44)40-20-7-2-8-21-40)57-46-28-15-19-39(33-46)37-56-53(42-24-11-4-12-25-42)58-52(55)41-22-9-3-10-23-41/h1-36,52-53,56-58H,37,54-55H2/b32-31-. The lowest BCUT2D eigenvalue weighted by Gasteiger charge is -2.25. The van der Waals surface area contributed by atoms with Crippen LogP contribution in [0.3, 0.4) is 0 Å². The Morgan fingerprint density at radius 3 is 1.84 bits per heavy atom. The zero-order chi connectivity index (χ0) is 39.5. The molecule has 5 heteroatoms. The molecule has 2 unspecified atom stereocenters. The molecule has 58 heavy (non-hydrogen) atoms. The van der Waals surface area contributed by atoms with Crippen LogP contribution in [0, 0.1) is 0 Å². The first-order valence-electron chi connectivity index (χ1n) is 19.7. The van der Waals surface area contributed by atoms with Gasteiger partial charge in [-0.1, -0.05) is 182 Å². The number of hydrogen-bond acceptors (Lipinski definition) is 5. The lowest BCUT2D eigenvalue weighted by Crippen LogP contribution is -2.39. The molecule has 0 aliphatic rings. The summed E-state index contributed by atoms with van der Waals surface area (Å²) in [5.74, 6) is 0. The van der Waals surface area contributed by atoms with Crippen LogP contribution < -0.4 is 27.4 Å². The van der Waals surface area contributed by atoms with Crippen molar-refractivity contribution >= 4 is 29.2 Å². The van der Waals surface area contributed by atoms with Crippen molar-refractivity contribution in [3.05, 3.63) is 234 Å². The third-order valence-electron chi connectivity index (χ3n) is 10.3. The number of para-hydroxylation sites is 1. The average Bonchev–Trinajstić information content (AvgIpc) is 3.29. The van der Waals surface area contributed by atoms with Crippen LogP contribution in [0.4, 0.5) is 17.1 Å². The van der Waals surface area contributed by atoms with Crippen molar-refractivity contribution in [2.45, 2.75) is 18.9 Å². The first kappa shape index (κ1) is 37.9. The van der Waals surface area contributed by atoms with E-state index >= 15 is 0 Å². The number of nitrogens with two attached hydrogens (primary N) is 2. The zero-order valence-corrected chi connectivity index (χ0v) is 32.3. The Labute approximate surface area is 341 Å². The fraction of sp³-hybridized carbons (Fsp3) is 0.0566. The number of hydrogen-bond donors (Lipinski definition) is 5. The first-order chi connectivity index (χ1) is 28.6. The van der Waals surface area contributed by atoms with Crippen LogP contribution in [-0.2, 0) is 6.54 Å². The highest BCUT2D eigenvalue weighted by Gasteiger charge is 2.17. The van der Waals surface area contributed by atoms with E-state index in [9.17, 15) is 0 Å². The largest absolute Gasteiger partial charge is 0.398 e. The Kier molecular flexibility index (Phi) is 11.9. The van der Waals surface area contributed by atoms with Crippen LogP contribution in [0.25, 0.3) is 45.5 Å². The second-order valence-corrected chi connectivity index (χ2v) is 14.4. The summed E-state index contributed by atoms with van der Waals surface area (Å²) in [6.07, 6.45) is 3.83. The highest BCUT2D eigenvalue weighted by Crippen LogP contribution is 2.41. The van der Waals surface area contributed by atoms with Crippen LogP contribution in [0.1, 0.15) is 40.1 Å². The van der Waals surface area contributed by atoms with Crippen LogP contribution in [0.2, 0.25) is 0 Å². The first-order valence-corrected chi connectivity index (χ1v) is 19.7. The third kappa shape index (κ3) is 9.32. The monoisotopic (exact) mass is 753 g/mol. The number of benzene rings is 8. The van der Waals surface area contributed by atoms with Gasteiger partial charge in [0.05, 0.1) is 12.3 Å². The number of nitrogen functional groups attached to an aromatic ring is 1. The normalized spacial score (nSPS) is 12.3. The molecule has 0 bridgehead atoms. The SMILES string of the molecule is Nc1ccccc1-c1cc(/C=C\c2ccccc2)c(Nc2cccc(CNC(NC(N)c3ccccc3)c3ccccc3)c2)cc1-c1cccc(-c2ccccc2)c1. The van der Waals surface area contributed by atoms with Gasteiger partial charge in [-0.2, -0.15) is 0 Å². The van der Waals surface area contributed by atoms with Gasteiger partial charge in [-0.25, -0.2) is 0 Å². The summed E-state index contributed by atoms with van der Waals surface area (Å²) in [6, 6.07) is 71.3. The van der Waals surface area contributed by atoms with Gasteiger partial charge in [-0.05, 0) is 92.0 Å². The average molecular weight is 754 g/mol. The lowest BCUT2D eigenvalue weighted by molar-refractivity contribution is 0.386. The van der Waals surface area contributed by atoms with Gasteiger partial charge in [0, 0.05) is 29.2 Å². The zero-order valence-electron chi connectivity index (χ0n) is 32.3. The Bertz CT molecular complexity index is 2590. The second kappa shape index (κ2) is 18.3. The van der Waals surface area contributed by atoms with Gasteiger partial charge < -0.3 is 16.8 Å². The maximum absolute atomic E-state index is 6.71. The summed E-state index contributed by atoms with van der Waals surface area (Å²) in [7, 11) is 0. The molecule has 8 aromatic carbocycles. The predicted molar refractivity (Wildman–Crippen MR) is 245 cm³/mol. The quantitative estimate of drug-likeness (QED) is 0.0433. The van der Waals surface area contributed by atoms with E-state index < -0.39 is 0 Å². The number of rotatable bonds is 14. The topological polar surface area (TPSA) is 88.1 Å².